The number of piperidine rings is 1. The monoisotopic (exact) mass is 381 g/mol. The molecule has 3 rings (SSSR count). The molecule has 150 valence electrons. The summed E-state index contributed by atoms with van der Waals surface area (Å²) in [5.74, 6) is 0.106. The van der Waals surface area contributed by atoms with Crippen molar-refractivity contribution in [3.63, 3.8) is 0 Å². The molecule has 0 aliphatic carbocycles. The Kier molecular flexibility index (Phi) is 7.04. The zero-order valence-corrected chi connectivity index (χ0v) is 15.8. The Bertz CT molecular complexity index is 601. The Morgan fingerprint density at radius 3 is 2.70 bits per heavy atom. The fourth-order valence-electron chi connectivity index (χ4n) is 3.70. The highest BCUT2D eigenvalue weighted by Gasteiger charge is 2.41. The maximum absolute atomic E-state index is 12.9. The Hall–Kier alpha value is -1.70. The van der Waals surface area contributed by atoms with E-state index in [9.17, 15) is 9.18 Å². The summed E-state index contributed by atoms with van der Waals surface area (Å²) in [5.41, 5.74) is -0.190. The van der Waals surface area contributed by atoms with Gasteiger partial charge in [-0.15, -0.1) is 0 Å². The van der Waals surface area contributed by atoms with Gasteiger partial charge in [0.1, 0.15) is 11.6 Å². The van der Waals surface area contributed by atoms with Crippen molar-refractivity contribution < 1.29 is 28.1 Å². The number of nitrogens with zero attached hydrogens (tertiary/aromatic N) is 1. The second-order valence-corrected chi connectivity index (χ2v) is 7.13. The number of carbonyl (C=O) groups excluding carboxylic acids is 1. The van der Waals surface area contributed by atoms with E-state index < -0.39 is 0 Å². The van der Waals surface area contributed by atoms with Crippen LogP contribution in [0.4, 0.5) is 4.39 Å². The van der Waals surface area contributed by atoms with Gasteiger partial charge in [-0.25, -0.2) is 4.39 Å². The van der Waals surface area contributed by atoms with Crippen LogP contribution in [0.15, 0.2) is 24.3 Å². The molecule has 1 spiro atoms. The van der Waals surface area contributed by atoms with E-state index in [1.807, 2.05) is 4.90 Å². The first kappa shape index (κ1) is 20.0. The van der Waals surface area contributed by atoms with Crippen molar-refractivity contribution in [3.8, 4) is 5.75 Å². The molecule has 7 heteroatoms. The molecule has 2 aliphatic heterocycles. The molecule has 2 heterocycles. The van der Waals surface area contributed by atoms with Crippen molar-refractivity contribution in [2.75, 3.05) is 46.6 Å². The van der Waals surface area contributed by atoms with Gasteiger partial charge in [0, 0.05) is 33.2 Å². The first-order valence-electron chi connectivity index (χ1n) is 9.51. The van der Waals surface area contributed by atoms with Gasteiger partial charge >= 0.3 is 0 Å². The second-order valence-electron chi connectivity index (χ2n) is 7.13. The molecule has 0 radical (unpaired) electrons. The van der Waals surface area contributed by atoms with Crippen molar-refractivity contribution >= 4 is 5.91 Å². The third-order valence-electron chi connectivity index (χ3n) is 5.29. The highest BCUT2D eigenvalue weighted by molar-refractivity contribution is 5.77. The van der Waals surface area contributed by atoms with Crippen molar-refractivity contribution in [2.24, 2.45) is 0 Å². The summed E-state index contributed by atoms with van der Waals surface area (Å²) in [5, 5.41) is 0. The lowest BCUT2D eigenvalue weighted by molar-refractivity contribution is -0.163. The lowest BCUT2D eigenvalue weighted by Gasteiger charge is -2.46. The molecule has 1 aromatic rings. The molecule has 1 unspecified atom stereocenters. The Labute approximate surface area is 159 Å². The summed E-state index contributed by atoms with van der Waals surface area (Å²) < 4.78 is 35.4. The minimum absolute atomic E-state index is 0.0394. The fraction of sp³-hybridized carbons (Fsp3) is 0.650. The smallest absolute Gasteiger partial charge is 0.260 e. The highest BCUT2D eigenvalue weighted by Crippen LogP contribution is 2.36. The second kappa shape index (κ2) is 9.48. The Balaban J connectivity index is 1.43. The van der Waals surface area contributed by atoms with Crippen molar-refractivity contribution in [2.45, 2.75) is 37.4 Å². The third kappa shape index (κ3) is 5.64. The lowest BCUT2D eigenvalue weighted by atomic mass is 9.83. The third-order valence-corrected chi connectivity index (χ3v) is 5.29. The van der Waals surface area contributed by atoms with Crippen LogP contribution in [0.3, 0.4) is 0 Å². The maximum atomic E-state index is 12.9. The van der Waals surface area contributed by atoms with Crippen LogP contribution in [0.1, 0.15) is 25.7 Å². The zero-order chi connectivity index (χ0) is 19.1. The van der Waals surface area contributed by atoms with E-state index in [1.54, 1.807) is 7.11 Å². The summed E-state index contributed by atoms with van der Waals surface area (Å²) in [6, 6.07) is 5.67. The number of methoxy groups -OCH3 is 1. The van der Waals surface area contributed by atoms with Crippen molar-refractivity contribution in [3.05, 3.63) is 30.1 Å². The van der Waals surface area contributed by atoms with E-state index in [0.717, 1.165) is 25.7 Å². The van der Waals surface area contributed by atoms with Crippen LogP contribution in [0.25, 0.3) is 0 Å². The predicted molar refractivity (Wildman–Crippen MR) is 97.2 cm³/mol. The van der Waals surface area contributed by atoms with E-state index in [2.05, 4.69) is 0 Å². The average Bonchev–Trinajstić information content (AvgIpc) is 2.68. The minimum Gasteiger partial charge on any atom is -0.484 e. The van der Waals surface area contributed by atoms with Gasteiger partial charge in [-0.1, -0.05) is 0 Å². The predicted octanol–water partition coefficient (Wildman–Crippen LogP) is 2.41. The molecule has 0 aromatic heterocycles. The van der Waals surface area contributed by atoms with Gasteiger partial charge in [0.15, 0.2) is 6.61 Å². The van der Waals surface area contributed by atoms with Crippen LogP contribution < -0.4 is 4.74 Å². The van der Waals surface area contributed by atoms with Gasteiger partial charge in [-0.3, -0.25) is 4.79 Å². The van der Waals surface area contributed by atoms with E-state index in [1.165, 1.54) is 24.3 Å². The standard InChI is InChI=1S/C20H28FNO5/c1-24-12-13-25-18-6-11-27-20(14-18)7-9-22(10-8-20)19(23)15-26-17-4-2-16(21)3-5-17/h2-5,18H,6-15H2,1H3. The molecule has 0 N–H and O–H groups in total. The van der Waals surface area contributed by atoms with E-state index in [0.29, 0.717) is 38.7 Å². The van der Waals surface area contributed by atoms with Gasteiger partial charge in [-0.05, 0) is 43.5 Å². The van der Waals surface area contributed by atoms with Crippen molar-refractivity contribution in [1.29, 1.82) is 0 Å². The number of hydrogen-bond acceptors (Lipinski definition) is 5. The van der Waals surface area contributed by atoms with Gasteiger partial charge in [-0.2, -0.15) is 0 Å². The quantitative estimate of drug-likeness (QED) is 0.679. The number of carbonyl (C=O) groups is 1. The number of halogens is 1. The van der Waals surface area contributed by atoms with Crippen LogP contribution in [-0.2, 0) is 19.0 Å². The van der Waals surface area contributed by atoms with Crippen LogP contribution in [0, 0.1) is 5.82 Å². The average molecular weight is 381 g/mol. The SMILES string of the molecule is COCCOC1CCOC2(CCN(C(=O)COc3ccc(F)cc3)CC2)C1. The van der Waals surface area contributed by atoms with Crippen LogP contribution in [-0.4, -0.2) is 69.1 Å². The van der Waals surface area contributed by atoms with Crippen LogP contribution in [0.5, 0.6) is 5.75 Å². The van der Waals surface area contributed by atoms with Gasteiger partial charge in [0.25, 0.3) is 5.91 Å². The van der Waals surface area contributed by atoms with Gasteiger partial charge < -0.3 is 23.8 Å². The summed E-state index contributed by atoms with van der Waals surface area (Å²) in [4.78, 5) is 14.2. The number of rotatable bonds is 7. The highest BCUT2D eigenvalue weighted by atomic mass is 19.1. The summed E-state index contributed by atoms with van der Waals surface area (Å²) in [7, 11) is 1.67. The largest absolute Gasteiger partial charge is 0.484 e. The summed E-state index contributed by atoms with van der Waals surface area (Å²) >= 11 is 0. The first-order chi connectivity index (χ1) is 13.1. The number of hydrogen-bond donors (Lipinski definition) is 0. The lowest BCUT2D eigenvalue weighted by Crippen LogP contribution is -2.52. The van der Waals surface area contributed by atoms with Gasteiger partial charge in [0.05, 0.1) is 24.9 Å². The van der Waals surface area contributed by atoms with E-state index >= 15 is 0 Å². The maximum Gasteiger partial charge on any atom is 0.260 e. The van der Waals surface area contributed by atoms with E-state index in [-0.39, 0.29) is 30.0 Å². The molecule has 2 saturated heterocycles. The molecule has 1 amide bonds. The molecule has 2 aliphatic rings. The Morgan fingerprint density at radius 1 is 1.26 bits per heavy atom. The molecule has 1 atom stereocenters. The topological polar surface area (TPSA) is 57.2 Å². The Morgan fingerprint density at radius 2 is 2.00 bits per heavy atom. The molecule has 6 nitrogen and oxygen atoms in total. The molecule has 0 saturated carbocycles. The van der Waals surface area contributed by atoms with E-state index in [4.69, 9.17) is 18.9 Å². The first-order valence-corrected chi connectivity index (χ1v) is 9.51. The summed E-state index contributed by atoms with van der Waals surface area (Å²) in [6.07, 6.45) is 3.57. The minimum atomic E-state index is -0.327. The van der Waals surface area contributed by atoms with Crippen LogP contribution >= 0.6 is 0 Å². The number of benzene rings is 1. The fourth-order valence-corrected chi connectivity index (χ4v) is 3.70. The molecule has 2 fully saturated rings. The number of amides is 1. The van der Waals surface area contributed by atoms with Gasteiger partial charge in [0.2, 0.25) is 0 Å². The zero-order valence-electron chi connectivity index (χ0n) is 15.8. The normalized spacial score (nSPS) is 22.0. The molecule has 27 heavy (non-hydrogen) atoms. The molecule has 0 bridgehead atoms. The molecule has 1 aromatic carbocycles. The number of ether oxygens (including phenoxy) is 4. The summed E-state index contributed by atoms with van der Waals surface area (Å²) in [6.45, 7) is 3.15. The van der Waals surface area contributed by atoms with Crippen molar-refractivity contribution in [1.82, 2.24) is 4.90 Å². The molecular weight excluding hydrogens is 353 g/mol. The number of likely N-dealkylation sites (tertiary alicyclic amines) is 1. The molecular formula is C20H28FNO5. The van der Waals surface area contributed by atoms with Crippen LogP contribution in [0.2, 0.25) is 0 Å².